The maximum Gasteiger partial charge on any atom is 0.212 e. The molecule has 1 aromatic rings. The fourth-order valence-electron chi connectivity index (χ4n) is 2.54. The standard InChI is InChI=1S/C18H29NO3Si/c1-18(2,3)23(5,6)22-16-9-8-14(20)11-15(16)13-7-10-17(21-4)19-12-13/h7-10,12,14-16,20H,11H2,1-6H3/t14-,15-,16+/m1/s1. The van der Waals surface area contributed by atoms with Crippen molar-refractivity contribution >= 4 is 8.32 Å². The summed E-state index contributed by atoms with van der Waals surface area (Å²) in [7, 11) is -0.275. The van der Waals surface area contributed by atoms with Crippen LogP contribution in [-0.2, 0) is 4.43 Å². The minimum atomic E-state index is -1.88. The van der Waals surface area contributed by atoms with E-state index in [9.17, 15) is 5.11 Å². The first-order valence-electron chi connectivity index (χ1n) is 8.18. The third-order valence-electron chi connectivity index (χ3n) is 5.05. The van der Waals surface area contributed by atoms with Crippen molar-refractivity contribution in [1.29, 1.82) is 0 Å². The Bertz CT molecular complexity index is 548. The van der Waals surface area contributed by atoms with Crippen LogP contribution in [-0.4, -0.2) is 37.7 Å². The molecule has 0 spiro atoms. The third kappa shape index (κ3) is 4.22. The summed E-state index contributed by atoms with van der Waals surface area (Å²) in [6, 6.07) is 3.88. The average molecular weight is 336 g/mol. The summed E-state index contributed by atoms with van der Waals surface area (Å²) < 4.78 is 11.7. The lowest BCUT2D eigenvalue weighted by Crippen LogP contribution is -2.46. The monoisotopic (exact) mass is 335 g/mol. The fraction of sp³-hybridized carbons (Fsp3) is 0.611. The van der Waals surface area contributed by atoms with Crippen LogP contribution in [0, 0.1) is 0 Å². The molecule has 1 aliphatic carbocycles. The minimum Gasteiger partial charge on any atom is -0.481 e. The van der Waals surface area contributed by atoms with Crippen LogP contribution in [0.5, 0.6) is 5.88 Å². The largest absolute Gasteiger partial charge is 0.481 e. The highest BCUT2D eigenvalue weighted by Gasteiger charge is 2.41. The molecule has 2 rings (SSSR count). The van der Waals surface area contributed by atoms with E-state index in [2.05, 4.69) is 38.8 Å². The maximum absolute atomic E-state index is 10.0. The predicted molar refractivity (Wildman–Crippen MR) is 95.4 cm³/mol. The molecule has 0 saturated heterocycles. The zero-order valence-electron chi connectivity index (χ0n) is 15.0. The van der Waals surface area contributed by atoms with Gasteiger partial charge in [0.25, 0.3) is 0 Å². The summed E-state index contributed by atoms with van der Waals surface area (Å²) in [6.45, 7) is 11.2. The van der Waals surface area contributed by atoms with Gasteiger partial charge in [-0.2, -0.15) is 0 Å². The molecule has 0 bridgehead atoms. The Hall–Kier alpha value is -1.17. The van der Waals surface area contributed by atoms with Crippen molar-refractivity contribution in [1.82, 2.24) is 4.98 Å². The second-order valence-electron chi connectivity index (χ2n) is 7.77. The van der Waals surface area contributed by atoms with Gasteiger partial charge in [0.1, 0.15) is 0 Å². The molecule has 1 heterocycles. The Balaban J connectivity index is 2.26. The summed E-state index contributed by atoms with van der Waals surface area (Å²) in [5.74, 6) is 0.713. The normalized spacial score (nSPS) is 25.4. The lowest BCUT2D eigenvalue weighted by Gasteiger charge is -2.42. The van der Waals surface area contributed by atoms with E-state index in [0.29, 0.717) is 12.3 Å². The van der Waals surface area contributed by atoms with Gasteiger partial charge in [0.2, 0.25) is 5.88 Å². The number of hydrogen-bond acceptors (Lipinski definition) is 4. The Kier molecular flexibility index (Phi) is 5.33. The summed E-state index contributed by atoms with van der Waals surface area (Å²) in [5, 5.41) is 10.2. The van der Waals surface area contributed by atoms with Crippen LogP contribution in [0.3, 0.4) is 0 Å². The predicted octanol–water partition coefficient (Wildman–Crippen LogP) is 3.89. The third-order valence-corrected chi connectivity index (χ3v) is 9.52. The first-order chi connectivity index (χ1) is 10.6. The van der Waals surface area contributed by atoms with E-state index in [-0.39, 0.29) is 17.1 Å². The van der Waals surface area contributed by atoms with Crippen molar-refractivity contribution < 1.29 is 14.3 Å². The molecule has 0 aromatic carbocycles. The van der Waals surface area contributed by atoms with Crippen molar-refractivity contribution in [2.75, 3.05) is 7.11 Å². The smallest absolute Gasteiger partial charge is 0.212 e. The number of pyridine rings is 1. The number of aliphatic hydroxyl groups excluding tert-OH is 1. The molecule has 1 aromatic heterocycles. The van der Waals surface area contributed by atoms with Gasteiger partial charge in [-0.05, 0) is 30.1 Å². The van der Waals surface area contributed by atoms with Crippen molar-refractivity contribution in [3.8, 4) is 5.88 Å². The van der Waals surface area contributed by atoms with Gasteiger partial charge in [-0.25, -0.2) is 4.98 Å². The lowest BCUT2D eigenvalue weighted by atomic mass is 9.85. The minimum absolute atomic E-state index is 0.0190. The highest BCUT2D eigenvalue weighted by molar-refractivity contribution is 6.74. The summed E-state index contributed by atoms with van der Waals surface area (Å²) in [4.78, 5) is 4.30. The Morgan fingerprint density at radius 1 is 1.22 bits per heavy atom. The molecule has 1 N–H and O–H groups in total. The first-order valence-corrected chi connectivity index (χ1v) is 11.1. The van der Waals surface area contributed by atoms with E-state index in [1.54, 1.807) is 7.11 Å². The molecule has 23 heavy (non-hydrogen) atoms. The molecule has 5 heteroatoms. The molecular formula is C18H29NO3Si. The Labute approximate surface area is 140 Å². The second kappa shape index (κ2) is 6.75. The molecule has 0 fully saturated rings. The van der Waals surface area contributed by atoms with Crippen molar-refractivity contribution in [3.63, 3.8) is 0 Å². The summed E-state index contributed by atoms with van der Waals surface area (Å²) in [5.41, 5.74) is 1.08. The van der Waals surface area contributed by atoms with E-state index in [4.69, 9.17) is 9.16 Å². The first kappa shape index (κ1) is 18.2. The fourth-order valence-corrected chi connectivity index (χ4v) is 3.82. The average Bonchev–Trinajstić information content (AvgIpc) is 2.48. The van der Waals surface area contributed by atoms with E-state index in [0.717, 1.165) is 5.56 Å². The molecule has 128 valence electrons. The van der Waals surface area contributed by atoms with Crippen molar-refractivity contribution in [2.24, 2.45) is 0 Å². The van der Waals surface area contributed by atoms with Crippen LogP contribution >= 0.6 is 0 Å². The van der Waals surface area contributed by atoms with Crippen LogP contribution in [0.25, 0.3) is 0 Å². The molecular weight excluding hydrogens is 306 g/mol. The Morgan fingerprint density at radius 2 is 1.91 bits per heavy atom. The number of nitrogens with zero attached hydrogens (tertiary/aromatic N) is 1. The van der Waals surface area contributed by atoms with Crippen LogP contribution in [0.4, 0.5) is 0 Å². The van der Waals surface area contributed by atoms with Gasteiger partial charge in [-0.3, -0.25) is 0 Å². The topological polar surface area (TPSA) is 51.6 Å². The molecule has 1 aliphatic rings. The molecule has 0 saturated carbocycles. The molecule has 4 nitrogen and oxygen atoms in total. The molecule has 0 amide bonds. The van der Waals surface area contributed by atoms with Gasteiger partial charge in [-0.1, -0.05) is 39.0 Å². The van der Waals surface area contributed by atoms with E-state index >= 15 is 0 Å². The number of hydrogen-bond donors (Lipinski definition) is 1. The summed E-state index contributed by atoms with van der Waals surface area (Å²) >= 11 is 0. The van der Waals surface area contributed by atoms with Crippen LogP contribution < -0.4 is 4.74 Å². The number of aromatic nitrogens is 1. The lowest BCUT2D eigenvalue weighted by molar-refractivity contribution is 0.129. The van der Waals surface area contributed by atoms with E-state index in [1.165, 1.54) is 0 Å². The van der Waals surface area contributed by atoms with E-state index in [1.807, 2.05) is 30.5 Å². The van der Waals surface area contributed by atoms with Gasteiger partial charge in [-0.15, -0.1) is 0 Å². The van der Waals surface area contributed by atoms with Gasteiger partial charge < -0.3 is 14.3 Å². The highest BCUT2D eigenvalue weighted by Crippen LogP contribution is 2.41. The number of ether oxygens (including phenoxy) is 1. The maximum atomic E-state index is 10.0. The summed E-state index contributed by atoms with van der Waals surface area (Å²) in [6.07, 6.45) is 5.91. The SMILES string of the molecule is COc1ccc([C@H]2C[C@H](O)C=C[C@@H]2O[Si](C)(C)C(C)(C)C)cn1. The quantitative estimate of drug-likeness (QED) is 0.670. The number of rotatable bonds is 4. The number of aliphatic hydroxyl groups is 1. The van der Waals surface area contributed by atoms with Crippen LogP contribution in [0.2, 0.25) is 18.1 Å². The molecule has 0 aliphatic heterocycles. The highest BCUT2D eigenvalue weighted by atomic mass is 28.4. The van der Waals surface area contributed by atoms with Crippen LogP contribution in [0.1, 0.15) is 38.7 Å². The number of methoxy groups -OCH3 is 1. The zero-order valence-corrected chi connectivity index (χ0v) is 16.0. The zero-order chi connectivity index (χ0) is 17.3. The van der Waals surface area contributed by atoms with Crippen molar-refractivity contribution in [3.05, 3.63) is 36.0 Å². The van der Waals surface area contributed by atoms with Gasteiger partial charge in [0.15, 0.2) is 8.32 Å². The van der Waals surface area contributed by atoms with E-state index < -0.39 is 14.4 Å². The van der Waals surface area contributed by atoms with Gasteiger partial charge in [0, 0.05) is 18.2 Å². The second-order valence-corrected chi connectivity index (χ2v) is 12.5. The van der Waals surface area contributed by atoms with Gasteiger partial charge in [0.05, 0.1) is 19.3 Å². The Morgan fingerprint density at radius 3 is 2.43 bits per heavy atom. The molecule has 3 atom stereocenters. The van der Waals surface area contributed by atoms with Gasteiger partial charge >= 0.3 is 0 Å². The van der Waals surface area contributed by atoms with Crippen LogP contribution in [0.15, 0.2) is 30.5 Å². The molecule has 0 unspecified atom stereocenters. The van der Waals surface area contributed by atoms with Crippen molar-refractivity contribution in [2.45, 2.75) is 63.5 Å². The molecule has 0 radical (unpaired) electrons.